The predicted octanol–water partition coefficient (Wildman–Crippen LogP) is 0.256. The van der Waals surface area contributed by atoms with Gasteiger partial charge < -0.3 is 0 Å². The molecule has 7 nitrogen and oxygen atoms in total. The van der Waals surface area contributed by atoms with E-state index in [1.165, 1.54) is 4.31 Å². The maximum atomic E-state index is 11.9. The zero-order valence-electron chi connectivity index (χ0n) is 9.10. The Labute approximate surface area is 94.4 Å². The van der Waals surface area contributed by atoms with Crippen molar-refractivity contribution in [2.45, 2.75) is 26.2 Å². The van der Waals surface area contributed by atoms with E-state index < -0.39 is 10.2 Å². The van der Waals surface area contributed by atoms with Crippen LogP contribution in [0.1, 0.15) is 25.1 Å². The molecule has 2 N–H and O–H groups in total. The number of piperidine rings is 1. The van der Waals surface area contributed by atoms with E-state index in [2.05, 4.69) is 19.9 Å². The van der Waals surface area contributed by atoms with Crippen LogP contribution in [0.3, 0.4) is 0 Å². The molecule has 1 aromatic rings. The lowest BCUT2D eigenvalue weighted by Gasteiger charge is -2.25. The van der Waals surface area contributed by atoms with E-state index in [0.29, 0.717) is 18.9 Å². The van der Waals surface area contributed by atoms with E-state index in [1.807, 2.05) is 0 Å². The monoisotopic (exact) mass is 245 g/mol. The molecule has 0 aliphatic carbocycles. The zero-order chi connectivity index (χ0) is 11.6. The molecule has 0 spiro atoms. The van der Waals surface area contributed by atoms with Crippen molar-refractivity contribution in [1.29, 1.82) is 0 Å². The van der Waals surface area contributed by atoms with Gasteiger partial charge in [-0.25, -0.2) is 4.72 Å². The maximum absolute atomic E-state index is 11.9. The first kappa shape index (κ1) is 11.3. The topological polar surface area (TPSA) is 91.0 Å². The van der Waals surface area contributed by atoms with Crippen molar-refractivity contribution >= 4 is 16.2 Å². The van der Waals surface area contributed by atoms with Crippen molar-refractivity contribution in [3.05, 3.63) is 5.82 Å². The number of nitrogens with one attached hydrogen (secondary N) is 2. The highest BCUT2D eigenvalue weighted by Crippen LogP contribution is 2.14. The van der Waals surface area contributed by atoms with Gasteiger partial charge in [-0.05, 0) is 19.8 Å². The molecule has 90 valence electrons. The summed E-state index contributed by atoms with van der Waals surface area (Å²) < 4.78 is 27.6. The highest BCUT2D eigenvalue weighted by atomic mass is 32.2. The van der Waals surface area contributed by atoms with Gasteiger partial charge in [-0.1, -0.05) is 6.42 Å². The van der Waals surface area contributed by atoms with Crippen molar-refractivity contribution in [3.8, 4) is 0 Å². The van der Waals surface area contributed by atoms with Crippen LogP contribution in [0.4, 0.5) is 5.95 Å². The third-order valence-electron chi connectivity index (χ3n) is 2.47. The Kier molecular flexibility index (Phi) is 3.10. The number of nitrogens with zero attached hydrogens (tertiary/aromatic N) is 3. The van der Waals surface area contributed by atoms with Crippen molar-refractivity contribution < 1.29 is 8.42 Å². The summed E-state index contributed by atoms with van der Waals surface area (Å²) in [6.45, 7) is 2.85. The summed E-state index contributed by atoms with van der Waals surface area (Å²) in [5.74, 6) is 0.680. The second kappa shape index (κ2) is 4.38. The van der Waals surface area contributed by atoms with E-state index in [9.17, 15) is 8.42 Å². The molecular weight excluding hydrogens is 230 g/mol. The summed E-state index contributed by atoms with van der Waals surface area (Å²) in [6, 6.07) is 0. The summed E-state index contributed by atoms with van der Waals surface area (Å²) in [5, 5.41) is 6.33. The lowest BCUT2D eigenvalue weighted by Crippen LogP contribution is -2.39. The highest BCUT2D eigenvalue weighted by Gasteiger charge is 2.24. The number of hydrogen-bond donors (Lipinski definition) is 2. The SMILES string of the molecule is Cc1nc(NS(=O)(=O)N2CCCCC2)n[nH]1. The molecule has 1 aliphatic heterocycles. The van der Waals surface area contributed by atoms with Crippen LogP contribution >= 0.6 is 0 Å². The van der Waals surface area contributed by atoms with Crippen LogP contribution in [-0.4, -0.2) is 41.0 Å². The zero-order valence-corrected chi connectivity index (χ0v) is 9.92. The van der Waals surface area contributed by atoms with Crippen molar-refractivity contribution in [3.63, 3.8) is 0 Å². The van der Waals surface area contributed by atoms with Crippen LogP contribution in [0.2, 0.25) is 0 Å². The van der Waals surface area contributed by atoms with Gasteiger partial charge in [0, 0.05) is 13.1 Å². The number of aromatic amines is 1. The van der Waals surface area contributed by atoms with E-state index >= 15 is 0 Å². The quantitative estimate of drug-likeness (QED) is 0.799. The van der Waals surface area contributed by atoms with Crippen LogP contribution < -0.4 is 4.72 Å². The van der Waals surface area contributed by atoms with Gasteiger partial charge in [0.15, 0.2) is 0 Å². The van der Waals surface area contributed by atoms with Crippen molar-refractivity contribution in [1.82, 2.24) is 19.5 Å². The van der Waals surface area contributed by atoms with Crippen LogP contribution in [0.5, 0.6) is 0 Å². The molecule has 0 amide bonds. The molecule has 0 aromatic carbocycles. The Balaban J connectivity index is 2.07. The Morgan fingerprint density at radius 1 is 1.31 bits per heavy atom. The highest BCUT2D eigenvalue weighted by molar-refractivity contribution is 7.90. The molecule has 0 radical (unpaired) electrons. The lowest BCUT2D eigenvalue weighted by molar-refractivity contribution is 0.349. The van der Waals surface area contributed by atoms with E-state index in [-0.39, 0.29) is 5.95 Å². The number of anilines is 1. The average Bonchev–Trinajstić information content (AvgIpc) is 2.64. The van der Waals surface area contributed by atoms with Gasteiger partial charge in [-0.3, -0.25) is 5.10 Å². The Bertz CT molecular complexity index is 449. The molecule has 0 saturated carbocycles. The first-order valence-electron chi connectivity index (χ1n) is 5.25. The molecule has 1 saturated heterocycles. The number of aromatic nitrogens is 3. The minimum absolute atomic E-state index is 0.100. The Morgan fingerprint density at radius 2 is 2.00 bits per heavy atom. The van der Waals surface area contributed by atoms with Crippen LogP contribution in [0.15, 0.2) is 0 Å². The number of hydrogen-bond acceptors (Lipinski definition) is 4. The Morgan fingerprint density at radius 3 is 2.56 bits per heavy atom. The van der Waals surface area contributed by atoms with Crippen molar-refractivity contribution in [2.75, 3.05) is 17.8 Å². The van der Waals surface area contributed by atoms with E-state index in [0.717, 1.165) is 19.3 Å². The second-order valence-electron chi connectivity index (χ2n) is 3.81. The lowest BCUT2D eigenvalue weighted by atomic mass is 10.2. The molecule has 1 aliphatic rings. The summed E-state index contributed by atoms with van der Waals surface area (Å²) in [6.07, 6.45) is 2.91. The van der Waals surface area contributed by atoms with Gasteiger partial charge in [0.1, 0.15) is 5.82 Å². The molecule has 0 atom stereocenters. The molecule has 0 unspecified atom stereocenters. The van der Waals surface area contributed by atoms with Gasteiger partial charge in [0.2, 0.25) is 0 Å². The standard InChI is InChI=1S/C8H15N5O2S/c1-7-9-8(11-10-7)12-16(14,15)13-5-3-2-4-6-13/h2-6H2,1H3,(H2,9,10,11,12). The van der Waals surface area contributed by atoms with Crippen LogP contribution in [0, 0.1) is 6.92 Å². The molecule has 0 bridgehead atoms. The van der Waals surface area contributed by atoms with Crippen LogP contribution in [-0.2, 0) is 10.2 Å². The number of H-pyrrole nitrogens is 1. The fourth-order valence-electron chi connectivity index (χ4n) is 1.67. The molecule has 16 heavy (non-hydrogen) atoms. The summed E-state index contributed by atoms with van der Waals surface area (Å²) in [5.41, 5.74) is 0. The van der Waals surface area contributed by atoms with Crippen molar-refractivity contribution in [2.24, 2.45) is 0 Å². The van der Waals surface area contributed by atoms with Gasteiger partial charge in [0.25, 0.3) is 5.95 Å². The molecule has 1 fully saturated rings. The van der Waals surface area contributed by atoms with Crippen LogP contribution in [0.25, 0.3) is 0 Å². The Hall–Kier alpha value is -1.15. The van der Waals surface area contributed by atoms with Gasteiger partial charge >= 0.3 is 10.2 Å². The molecule has 8 heteroatoms. The smallest absolute Gasteiger partial charge is 0.261 e. The van der Waals surface area contributed by atoms with Gasteiger partial charge in [-0.2, -0.15) is 17.7 Å². The average molecular weight is 245 g/mol. The third-order valence-corrected chi connectivity index (χ3v) is 3.96. The summed E-state index contributed by atoms with van der Waals surface area (Å²) in [7, 11) is -3.48. The van der Waals surface area contributed by atoms with E-state index in [4.69, 9.17) is 0 Å². The summed E-state index contributed by atoms with van der Waals surface area (Å²) in [4.78, 5) is 3.91. The molecular formula is C8H15N5O2S. The van der Waals surface area contributed by atoms with E-state index in [1.54, 1.807) is 6.92 Å². The largest absolute Gasteiger partial charge is 0.304 e. The predicted molar refractivity (Wildman–Crippen MR) is 59.1 cm³/mol. The number of aryl methyl sites for hydroxylation is 1. The molecule has 1 aromatic heterocycles. The third kappa shape index (κ3) is 2.50. The fourth-order valence-corrected chi connectivity index (χ4v) is 2.86. The maximum Gasteiger partial charge on any atom is 0.304 e. The molecule has 2 heterocycles. The number of rotatable bonds is 3. The first-order chi connectivity index (χ1) is 7.58. The summed E-state index contributed by atoms with van der Waals surface area (Å²) >= 11 is 0. The van der Waals surface area contributed by atoms with Gasteiger partial charge in [0.05, 0.1) is 0 Å². The minimum atomic E-state index is -3.48. The minimum Gasteiger partial charge on any atom is -0.261 e. The molecule has 2 rings (SSSR count). The van der Waals surface area contributed by atoms with Gasteiger partial charge in [-0.15, -0.1) is 5.10 Å². The fraction of sp³-hybridized carbons (Fsp3) is 0.750. The second-order valence-corrected chi connectivity index (χ2v) is 5.48. The first-order valence-corrected chi connectivity index (χ1v) is 6.69. The normalized spacial score (nSPS) is 18.6.